The third kappa shape index (κ3) is 8.53. The molecule has 126 valence electrons. The molecule has 2 N–H and O–H groups in total. The molecule has 1 rings (SSSR count). The maximum Gasteiger partial charge on any atom is 0.191 e. The second-order valence-corrected chi connectivity index (χ2v) is 5.23. The Hall–Kier alpha value is -0.890. The maximum absolute atomic E-state index is 4.31. The molecule has 1 aromatic heterocycles. The first kappa shape index (κ1) is 21.1. The van der Waals surface area contributed by atoms with Gasteiger partial charge in [0.05, 0.1) is 0 Å². The molecule has 0 aromatic carbocycles. The van der Waals surface area contributed by atoms with Gasteiger partial charge in [0.2, 0.25) is 0 Å². The first-order chi connectivity index (χ1) is 10.2. The summed E-state index contributed by atoms with van der Waals surface area (Å²) in [5.74, 6) is 0.850. The van der Waals surface area contributed by atoms with Crippen molar-refractivity contribution >= 4 is 29.9 Å². The van der Waals surface area contributed by atoms with Crippen LogP contribution in [0.15, 0.2) is 29.4 Å². The molecule has 0 aliphatic carbocycles. The first-order valence-electron chi connectivity index (χ1n) is 7.72. The topological polar surface area (TPSA) is 52.5 Å². The molecule has 1 unspecified atom stereocenters. The number of likely N-dealkylation sites (N-methyl/N-ethyl adjacent to an activating group) is 1. The molecule has 0 amide bonds. The van der Waals surface area contributed by atoms with Crippen LogP contribution in [-0.2, 0) is 6.42 Å². The number of pyridine rings is 1. The van der Waals surface area contributed by atoms with Crippen molar-refractivity contribution in [3.8, 4) is 0 Å². The zero-order valence-electron chi connectivity index (χ0n) is 14.2. The van der Waals surface area contributed by atoms with Crippen LogP contribution in [0.25, 0.3) is 0 Å². The van der Waals surface area contributed by atoms with Crippen LogP contribution in [0.5, 0.6) is 0 Å². The maximum atomic E-state index is 4.31. The highest BCUT2D eigenvalue weighted by atomic mass is 127. The lowest BCUT2D eigenvalue weighted by Gasteiger charge is -2.23. The van der Waals surface area contributed by atoms with Crippen LogP contribution in [0.3, 0.4) is 0 Å². The van der Waals surface area contributed by atoms with Gasteiger partial charge in [0.1, 0.15) is 0 Å². The second-order valence-electron chi connectivity index (χ2n) is 5.23. The molecule has 0 saturated heterocycles. The molecule has 0 aliphatic heterocycles. The monoisotopic (exact) mass is 419 g/mol. The van der Waals surface area contributed by atoms with Gasteiger partial charge >= 0.3 is 0 Å². The van der Waals surface area contributed by atoms with Crippen LogP contribution in [-0.4, -0.2) is 55.6 Å². The van der Waals surface area contributed by atoms with E-state index in [1.54, 1.807) is 7.05 Å². The van der Waals surface area contributed by atoms with Crippen molar-refractivity contribution in [2.45, 2.75) is 32.7 Å². The highest BCUT2D eigenvalue weighted by Gasteiger charge is 2.06. The fourth-order valence-corrected chi connectivity index (χ4v) is 1.96. The number of hydrogen-bond donors (Lipinski definition) is 2. The lowest BCUT2D eigenvalue weighted by molar-refractivity contribution is 0.255. The standard InChI is InChI=1S/C16H29N5.HI/c1-5-14(2)21(4)13-12-20-16(17-3)19-11-9-15-8-6-7-10-18-15;/h6-8,10,14H,5,9,11-13H2,1-4H3,(H2,17,19,20);1H. The summed E-state index contributed by atoms with van der Waals surface area (Å²) >= 11 is 0. The molecule has 1 atom stereocenters. The molecule has 6 heteroatoms. The molecule has 1 heterocycles. The zero-order valence-corrected chi connectivity index (χ0v) is 16.5. The summed E-state index contributed by atoms with van der Waals surface area (Å²) in [7, 11) is 3.96. The predicted molar refractivity (Wildman–Crippen MR) is 105 cm³/mol. The summed E-state index contributed by atoms with van der Waals surface area (Å²) in [5.41, 5.74) is 1.09. The molecule has 0 spiro atoms. The molecule has 0 radical (unpaired) electrons. The number of rotatable bonds is 8. The third-order valence-corrected chi connectivity index (χ3v) is 3.72. The first-order valence-corrected chi connectivity index (χ1v) is 7.72. The van der Waals surface area contributed by atoms with Crippen molar-refractivity contribution in [3.63, 3.8) is 0 Å². The van der Waals surface area contributed by atoms with Crippen LogP contribution in [0.1, 0.15) is 26.0 Å². The van der Waals surface area contributed by atoms with E-state index in [9.17, 15) is 0 Å². The van der Waals surface area contributed by atoms with Gasteiger partial charge in [-0.1, -0.05) is 13.0 Å². The van der Waals surface area contributed by atoms with Crippen molar-refractivity contribution in [2.24, 2.45) is 4.99 Å². The van der Waals surface area contributed by atoms with E-state index >= 15 is 0 Å². The molecule has 0 fully saturated rings. The van der Waals surface area contributed by atoms with Gasteiger partial charge in [0.25, 0.3) is 0 Å². The Morgan fingerprint density at radius 1 is 1.32 bits per heavy atom. The third-order valence-electron chi connectivity index (χ3n) is 3.72. The van der Waals surface area contributed by atoms with Gasteiger partial charge in [0.15, 0.2) is 5.96 Å². The van der Waals surface area contributed by atoms with E-state index in [1.807, 2.05) is 24.4 Å². The van der Waals surface area contributed by atoms with Crippen molar-refractivity contribution in [3.05, 3.63) is 30.1 Å². The van der Waals surface area contributed by atoms with E-state index in [2.05, 4.69) is 46.4 Å². The number of halogens is 1. The minimum atomic E-state index is 0. The van der Waals surface area contributed by atoms with Gasteiger partial charge < -0.3 is 15.5 Å². The summed E-state index contributed by atoms with van der Waals surface area (Å²) in [6.07, 6.45) is 3.90. The number of nitrogens with one attached hydrogen (secondary N) is 2. The van der Waals surface area contributed by atoms with Crippen molar-refractivity contribution in [1.82, 2.24) is 20.5 Å². The smallest absolute Gasteiger partial charge is 0.191 e. The Morgan fingerprint density at radius 3 is 2.64 bits per heavy atom. The van der Waals surface area contributed by atoms with Gasteiger partial charge in [0, 0.05) is 51.0 Å². The predicted octanol–water partition coefficient (Wildman–Crippen LogP) is 2.14. The Balaban J connectivity index is 0.00000441. The molecular weight excluding hydrogens is 389 g/mol. The largest absolute Gasteiger partial charge is 0.356 e. The highest BCUT2D eigenvalue weighted by Crippen LogP contribution is 1.98. The van der Waals surface area contributed by atoms with Crippen molar-refractivity contribution < 1.29 is 0 Å². The van der Waals surface area contributed by atoms with Gasteiger partial charge in [-0.15, -0.1) is 24.0 Å². The number of hydrogen-bond acceptors (Lipinski definition) is 3. The molecule has 22 heavy (non-hydrogen) atoms. The van der Waals surface area contributed by atoms with Crippen LogP contribution in [0.2, 0.25) is 0 Å². The molecular formula is C16H30IN5. The lowest BCUT2D eigenvalue weighted by atomic mass is 10.2. The molecule has 1 aromatic rings. The summed E-state index contributed by atoms with van der Waals surface area (Å²) in [6.45, 7) is 7.20. The SMILES string of the molecule is CCC(C)N(C)CCNC(=NC)NCCc1ccccn1.I. The van der Waals surface area contributed by atoms with E-state index in [-0.39, 0.29) is 24.0 Å². The van der Waals surface area contributed by atoms with Gasteiger partial charge in [-0.25, -0.2) is 0 Å². The van der Waals surface area contributed by atoms with E-state index in [0.29, 0.717) is 6.04 Å². The van der Waals surface area contributed by atoms with E-state index in [1.165, 1.54) is 6.42 Å². The lowest BCUT2D eigenvalue weighted by Crippen LogP contribution is -2.42. The Kier molecular flexibility index (Phi) is 12.1. The molecule has 5 nitrogen and oxygen atoms in total. The average molecular weight is 419 g/mol. The summed E-state index contributed by atoms with van der Waals surface area (Å²) < 4.78 is 0. The average Bonchev–Trinajstić information content (AvgIpc) is 2.53. The van der Waals surface area contributed by atoms with Crippen LogP contribution in [0, 0.1) is 0 Å². The molecule has 0 bridgehead atoms. The Bertz CT molecular complexity index is 410. The summed E-state index contributed by atoms with van der Waals surface area (Å²) in [4.78, 5) is 10.9. The van der Waals surface area contributed by atoms with Crippen molar-refractivity contribution in [2.75, 3.05) is 33.7 Å². The Labute approximate surface area is 152 Å². The number of aliphatic imine (C=N–C) groups is 1. The fraction of sp³-hybridized carbons (Fsp3) is 0.625. The number of aromatic nitrogens is 1. The van der Waals surface area contributed by atoms with Crippen LogP contribution >= 0.6 is 24.0 Å². The number of guanidine groups is 1. The van der Waals surface area contributed by atoms with Crippen LogP contribution in [0.4, 0.5) is 0 Å². The van der Waals surface area contributed by atoms with Gasteiger partial charge in [-0.05, 0) is 32.5 Å². The summed E-state index contributed by atoms with van der Waals surface area (Å²) in [5, 5.41) is 6.66. The second kappa shape index (κ2) is 12.6. The van der Waals surface area contributed by atoms with Crippen LogP contribution < -0.4 is 10.6 Å². The fourth-order valence-electron chi connectivity index (χ4n) is 1.96. The normalized spacial score (nSPS) is 12.7. The number of nitrogens with zero attached hydrogens (tertiary/aromatic N) is 3. The van der Waals surface area contributed by atoms with Crippen molar-refractivity contribution in [1.29, 1.82) is 0 Å². The van der Waals surface area contributed by atoms with Gasteiger partial charge in [-0.3, -0.25) is 9.98 Å². The molecule has 0 aliphatic rings. The molecule has 0 saturated carbocycles. The summed E-state index contributed by atoms with van der Waals surface area (Å²) in [6, 6.07) is 6.61. The zero-order chi connectivity index (χ0) is 15.5. The van der Waals surface area contributed by atoms with E-state index in [0.717, 1.165) is 37.7 Å². The highest BCUT2D eigenvalue weighted by molar-refractivity contribution is 14.0. The van der Waals surface area contributed by atoms with E-state index in [4.69, 9.17) is 0 Å². The van der Waals surface area contributed by atoms with Gasteiger partial charge in [-0.2, -0.15) is 0 Å². The minimum Gasteiger partial charge on any atom is -0.356 e. The minimum absolute atomic E-state index is 0. The quantitative estimate of drug-likeness (QED) is 0.385. The van der Waals surface area contributed by atoms with E-state index < -0.39 is 0 Å². The Morgan fingerprint density at radius 2 is 2.05 bits per heavy atom.